The standard InChI is InChI=1S/C16H11ClF2N6S/c1-24-8-7-11(22-24)9-12-13(10-5-3-2-4-6-10)23-25-14(16(17,18)19)20-21-15(25)26-12/h2-9H,1H3. The maximum Gasteiger partial charge on any atom is 0.383 e. The van der Waals surface area contributed by atoms with Gasteiger partial charge in [-0.1, -0.05) is 30.3 Å². The van der Waals surface area contributed by atoms with Crippen molar-refractivity contribution in [1.82, 2.24) is 24.7 Å². The molecule has 0 amide bonds. The quantitative estimate of drug-likeness (QED) is 0.638. The summed E-state index contributed by atoms with van der Waals surface area (Å²) in [6.07, 6.45) is 3.64. The van der Waals surface area contributed by atoms with E-state index in [0.29, 0.717) is 5.71 Å². The number of nitrogens with zero attached hydrogens (tertiary/aromatic N) is 6. The highest BCUT2D eigenvalue weighted by atomic mass is 35.5. The van der Waals surface area contributed by atoms with Crippen LogP contribution in [0.15, 0.2) is 57.8 Å². The average molecular weight is 393 g/mol. The number of rotatable bonds is 3. The smallest absolute Gasteiger partial charge is 0.275 e. The molecule has 0 aliphatic carbocycles. The Labute approximate surface area is 156 Å². The molecular formula is C16H11ClF2N6S. The lowest BCUT2D eigenvalue weighted by molar-refractivity contribution is 0.0799. The molecule has 10 heteroatoms. The molecule has 2 aromatic heterocycles. The minimum atomic E-state index is -3.67. The zero-order valence-electron chi connectivity index (χ0n) is 13.3. The largest absolute Gasteiger partial charge is 0.383 e. The Hall–Kier alpha value is -2.52. The van der Waals surface area contributed by atoms with Crippen molar-refractivity contribution in [2.24, 2.45) is 12.1 Å². The predicted octanol–water partition coefficient (Wildman–Crippen LogP) is 3.70. The van der Waals surface area contributed by atoms with Crippen LogP contribution in [0.25, 0.3) is 6.08 Å². The first-order valence-electron chi connectivity index (χ1n) is 7.48. The monoisotopic (exact) mass is 392 g/mol. The molecule has 132 valence electrons. The Kier molecular flexibility index (Phi) is 4.12. The van der Waals surface area contributed by atoms with Gasteiger partial charge >= 0.3 is 5.38 Å². The molecule has 3 heterocycles. The van der Waals surface area contributed by atoms with Crippen LogP contribution in [-0.4, -0.2) is 30.4 Å². The first-order valence-corrected chi connectivity index (χ1v) is 8.68. The van der Waals surface area contributed by atoms with E-state index >= 15 is 0 Å². The summed E-state index contributed by atoms with van der Waals surface area (Å²) in [5.74, 6) is -0.716. The van der Waals surface area contributed by atoms with Gasteiger partial charge in [0.1, 0.15) is 5.71 Å². The summed E-state index contributed by atoms with van der Waals surface area (Å²) in [4.78, 5) is 0.722. The van der Waals surface area contributed by atoms with Crippen molar-refractivity contribution in [2.45, 2.75) is 10.5 Å². The molecule has 26 heavy (non-hydrogen) atoms. The van der Waals surface area contributed by atoms with Gasteiger partial charge in [0.15, 0.2) is 0 Å². The molecule has 6 nitrogen and oxygen atoms in total. The Morgan fingerprint density at radius 3 is 2.58 bits per heavy atom. The van der Waals surface area contributed by atoms with Crippen LogP contribution in [-0.2, 0) is 12.4 Å². The normalized spacial score (nSPS) is 15.8. The number of halogens is 3. The number of allylic oxidation sites excluding steroid dienone is 1. The first-order chi connectivity index (χ1) is 12.4. The van der Waals surface area contributed by atoms with E-state index in [9.17, 15) is 8.78 Å². The van der Waals surface area contributed by atoms with E-state index in [2.05, 4.69) is 20.4 Å². The van der Waals surface area contributed by atoms with Crippen LogP contribution in [0.3, 0.4) is 0 Å². The summed E-state index contributed by atoms with van der Waals surface area (Å²) in [5, 5.41) is 12.5. The van der Waals surface area contributed by atoms with E-state index in [0.717, 1.165) is 20.8 Å². The van der Waals surface area contributed by atoms with Crippen molar-refractivity contribution >= 4 is 35.2 Å². The van der Waals surface area contributed by atoms with Gasteiger partial charge in [0.2, 0.25) is 11.0 Å². The molecule has 0 saturated carbocycles. The number of aryl methyl sites for hydroxylation is 1. The van der Waals surface area contributed by atoms with Crippen LogP contribution in [0, 0.1) is 0 Å². The molecular weight excluding hydrogens is 382 g/mol. The van der Waals surface area contributed by atoms with Crippen molar-refractivity contribution in [3.8, 4) is 0 Å². The van der Waals surface area contributed by atoms with E-state index in [1.54, 1.807) is 4.68 Å². The Balaban J connectivity index is 1.88. The highest BCUT2D eigenvalue weighted by molar-refractivity contribution is 8.04. The van der Waals surface area contributed by atoms with Crippen molar-refractivity contribution in [3.05, 3.63) is 64.6 Å². The van der Waals surface area contributed by atoms with E-state index in [1.807, 2.05) is 55.7 Å². The summed E-state index contributed by atoms with van der Waals surface area (Å²) in [7, 11) is 1.81. The number of benzene rings is 1. The fourth-order valence-electron chi connectivity index (χ4n) is 2.43. The first kappa shape index (κ1) is 16.9. The van der Waals surface area contributed by atoms with Crippen LogP contribution >= 0.6 is 23.4 Å². The van der Waals surface area contributed by atoms with Crippen LogP contribution < -0.4 is 0 Å². The van der Waals surface area contributed by atoms with Crippen LogP contribution in [0.1, 0.15) is 17.1 Å². The van der Waals surface area contributed by atoms with E-state index in [-0.39, 0.29) is 5.16 Å². The van der Waals surface area contributed by atoms with Gasteiger partial charge in [-0.05, 0) is 35.5 Å². The van der Waals surface area contributed by atoms with Gasteiger partial charge in [0.05, 0.1) is 5.69 Å². The molecule has 1 aliphatic rings. The van der Waals surface area contributed by atoms with Gasteiger partial charge in [-0.3, -0.25) is 4.68 Å². The highest BCUT2D eigenvalue weighted by Gasteiger charge is 2.38. The zero-order valence-corrected chi connectivity index (χ0v) is 14.9. The number of aromatic nitrogens is 5. The Bertz CT molecular complexity index is 1020. The molecule has 1 aromatic carbocycles. The molecule has 0 atom stereocenters. The Morgan fingerprint density at radius 2 is 1.92 bits per heavy atom. The maximum absolute atomic E-state index is 13.6. The molecule has 0 fully saturated rings. The minimum Gasteiger partial charge on any atom is -0.275 e. The predicted molar refractivity (Wildman–Crippen MR) is 95.2 cm³/mol. The summed E-state index contributed by atoms with van der Waals surface area (Å²) in [6, 6.07) is 11.1. The van der Waals surface area contributed by atoms with Gasteiger partial charge < -0.3 is 0 Å². The van der Waals surface area contributed by atoms with E-state index in [1.165, 1.54) is 11.8 Å². The van der Waals surface area contributed by atoms with Crippen LogP contribution in [0.5, 0.6) is 0 Å². The summed E-state index contributed by atoms with van der Waals surface area (Å²) in [6.45, 7) is 0. The van der Waals surface area contributed by atoms with Gasteiger partial charge in [-0.2, -0.15) is 23.7 Å². The lowest BCUT2D eigenvalue weighted by atomic mass is 10.1. The number of alkyl halides is 3. The van der Waals surface area contributed by atoms with E-state index < -0.39 is 11.2 Å². The second kappa shape index (κ2) is 6.33. The molecule has 0 bridgehead atoms. The van der Waals surface area contributed by atoms with Gasteiger partial charge in [0.25, 0.3) is 0 Å². The molecule has 0 saturated heterocycles. The number of hydrogen-bond acceptors (Lipinski definition) is 5. The molecule has 0 spiro atoms. The zero-order chi connectivity index (χ0) is 18.3. The average Bonchev–Trinajstić information content (AvgIpc) is 3.20. The molecule has 0 N–H and O–H groups in total. The molecule has 4 rings (SSSR count). The summed E-state index contributed by atoms with van der Waals surface area (Å²) >= 11 is 6.32. The minimum absolute atomic E-state index is 0.210. The number of thioether (sulfide) groups is 1. The third kappa shape index (κ3) is 3.15. The third-order valence-electron chi connectivity index (χ3n) is 3.56. The second-order valence-electron chi connectivity index (χ2n) is 5.46. The Morgan fingerprint density at radius 1 is 1.15 bits per heavy atom. The summed E-state index contributed by atoms with van der Waals surface area (Å²) in [5.41, 5.74) is 2.00. The molecule has 1 aliphatic heterocycles. The summed E-state index contributed by atoms with van der Waals surface area (Å²) < 4.78 is 29.8. The third-order valence-corrected chi connectivity index (χ3v) is 4.70. The van der Waals surface area contributed by atoms with Crippen LogP contribution in [0.4, 0.5) is 8.78 Å². The topological polar surface area (TPSA) is 60.9 Å². The molecule has 0 radical (unpaired) electrons. The fourth-order valence-corrected chi connectivity index (χ4v) is 3.48. The fraction of sp³-hybridized carbons (Fsp3) is 0.125. The number of fused-ring (bicyclic) bond motifs is 1. The SMILES string of the molecule is Cn1ccc(C=C2Sc3nnc(C(F)(F)Cl)n3N=C2c2ccccc2)n1. The lowest BCUT2D eigenvalue weighted by Crippen LogP contribution is -2.17. The van der Waals surface area contributed by atoms with Gasteiger partial charge in [-0.15, -0.1) is 10.2 Å². The highest BCUT2D eigenvalue weighted by Crippen LogP contribution is 2.39. The molecule has 0 unspecified atom stereocenters. The van der Waals surface area contributed by atoms with Crippen molar-refractivity contribution in [3.63, 3.8) is 0 Å². The van der Waals surface area contributed by atoms with Crippen molar-refractivity contribution in [1.29, 1.82) is 0 Å². The van der Waals surface area contributed by atoms with Crippen molar-refractivity contribution < 1.29 is 8.78 Å². The second-order valence-corrected chi connectivity index (χ2v) is 6.94. The number of hydrogen-bond donors (Lipinski definition) is 0. The molecule has 3 aromatic rings. The van der Waals surface area contributed by atoms with Crippen molar-refractivity contribution in [2.75, 3.05) is 0 Å². The van der Waals surface area contributed by atoms with Crippen LogP contribution in [0.2, 0.25) is 0 Å². The van der Waals surface area contributed by atoms with E-state index in [4.69, 9.17) is 11.6 Å². The lowest BCUT2D eigenvalue weighted by Gasteiger charge is -2.17. The van der Waals surface area contributed by atoms with Gasteiger partial charge in [0, 0.05) is 23.7 Å². The van der Waals surface area contributed by atoms with Gasteiger partial charge in [-0.25, -0.2) is 0 Å². The maximum atomic E-state index is 13.6.